The summed E-state index contributed by atoms with van der Waals surface area (Å²) >= 11 is 0. The third kappa shape index (κ3) is 8.11. The van der Waals surface area contributed by atoms with Crippen molar-refractivity contribution < 1.29 is 0 Å². The van der Waals surface area contributed by atoms with Crippen LogP contribution in [0, 0.1) is 35.5 Å². The lowest BCUT2D eigenvalue weighted by molar-refractivity contribution is 0.0521. The molecule has 0 bridgehead atoms. The first-order valence-corrected chi connectivity index (χ1v) is 27.2. The van der Waals surface area contributed by atoms with E-state index in [1.807, 2.05) is 0 Å². The van der Waals surface area contributed by atoms with Crippen LogP contribution >= 0.6 is 0 Å². The van der Waals surface area contributed by atoms with Crippen molar-refractivity contribution in [2.75, 3.05) is 0 Å². The third-order valence-electron chi connectivity index (χ3n) is 18.8. The summed E-state index contributed by atoms with van der Waals surface area (Å²) < 4.78 is 0. The topological polar surface area (TPSA) is 9.72 Å². The fourth-order valence-corrected chi connectivity index (χ4v) is 15.8. The van der Waals surface area contributed by atoms with Crippen LogP contribution < -0.4 is 0 Å². The molecular formula is C62H77N3. The van der Waals surface area contributed by atoms with Crippen LogP contribution in [0.3, 0.4) is 0 Å². The summed E-state index contributed by atoms with van der Waals surface area (Å²) in [6, 6.07) is 3.48. The van der Waals surface area contributed by atoms with E-state index in [0.29, 0.717) is 71.8 Å². The second kappa shape index (κ2) is 18.8. The lowest BCUT2D eigenvalue weighted by atomic mass is 9.62. The molecule has 1 aliphatic heterocycles. The molecule has 11 unspecified atom stereocenters. The van der Waals surface area contributed by atoms with Gasteiger partial charge in [-0.1, -0.05) is 127 Å². The Morgan fingerprint density at radius 1 is 0.538 bits per heavy atom. The molecule has 1 heterocycles. The summed E-state index contributed by atoms with van der Waals surface area (Å²) in [6.45, 7) is 0. The van der Waals surface area contributed by atoms with Gasteiger partial charge in [0.15, 0.2) is 0 Å². The lowest BCUT2D eigenvalue weighted by Crippen LogP contribution is -2.52. The number of nitrogens with zero attached hydrogens (tertiary/aromatic N) is 3. The van der Waals surface area contributed by atoms with Gasteiger partial charge in [0.2, 0.25) is 0 Å². The number of hydrogen-bond acceptors (Lipinski definition) is 3. The molecular weight excluding hydrogens is 787 g/mol. The Hall–Kier alpha value is -4.24. The van der Waals surface area contributed by atoms with Crippen LogP contribution in [-0.2, 0) is 0 Å². The largest absolute Gasteiger partial charge is 0.365 e. The summed E-state index contributed by atoms with van der Waals surface area (Å²) in [4.78, 5) is 9.02. The maximum Gasteiger partial charge on any atom is 0.0511 e. The van der Waals surface area contributed by atoms with E-state index in [-0.39, 0.29) is 0 Å². The van der Waals surface area contributed by atoms with Gasteiger partial charge in [-0.15, -0.1) is 0 Å². The molecule has 3 heteroatoms. The van der Waals surface area contributed by atoms with E-state index in [4.69, 9.17) is 0 Å². The van der Waals surface area contributed by atoms with Gasteiger partial charge in [-0.25, -0.2) is 0 Å². The van der Waals surface area contributed by atoms with E-state index in [1.54, 1.807) is 33.7 Å². The number of rotatable bonds is 9. The monoisotopic (exact) mass is 864 g/mol. The van der Waals surface area contributed by atoms with Crippen molar-refractivity contribution >= 4 is 0 Å². The number of hydrogen-bond donors (Lipinski definition) is 0. The minimum absolute atomic E-state index is 0.509. The minimum Gasteiger partial charge on any atom is -0.365 e. The van der Waals surface area contributed by atoms with Gasteiger partial charge in [-0.3, -0.25) is 0 Å². The molecule has 340 valence electrons. The van der Waals surface area contributed by atoms with Crippen molar-refractivity contribution in [3.63, 3.8) is 0 Å². The van der Waals surface area contributed by atoms with Crippen molar-refractivity contribution in [3.8, 4) is 0 Å². The Kier molecular flexibility index (Phi) is 12.2. The average molecular weight is 864 g/mol. The zero-order valence-electron chi connectivity index (χ0n) is 39.5. The van der Waals surface area contributed by atoms with E-state index in [9.17, 15) is 0 Å². The second-order valence-electron chi connectivity index (χ2n) is 22.1. The van der Waals surface area contributed by atoms with Crippen LogP contribution in [0.4, 0.5) is 0 Å². The minimum atomic E-state index is 0.509. The predicted molar refractivity (Wildman–Crippen MR) is 271 cm³/mol. The molecule has 0 saturated heterocycles. The molecule has 1 fully saturated rings. The fourth-order valence-electron chi connectivity index (χ4n) is 15.8. The maximum atomic E-state index is 3.09. The van der Waals surface area contributed by atoms with Crippen molar-refractivity contribution in [2.45, 2.75) is 178 Å². The number of fused-ring (bicyclic) bond motifs is 3. The quantitative estimate of drug-likeness (QED) is 0.214. The zero-order valence-corrected chi connectivity index (χ0v) is 39.5. The van der Waals surface area contributed by atoms with Gasteiger partial charge in [-0.05, 0) is 181 Å². The van der Waals surface area contributed by atoms with Crippen molar-refractivity contribution in [1.82, 2.24) is 14.7 Å². The van der Waals surface area contributed by atoms with Crippen LogP contribution in [0.1, 0.15) is 141 Å². The van der Waals surface area contributed by atoms with Crippen LogP contribution in [0.2, 0.25) is 0 Å². The first kappa shape index (κ1) is 42.1. The zero-order chi connectivity index (χ0) is 43.1. The highest BCUT2D eigenvalue weighted by Gasteiger charge is 2.48. The van der Waals surface area contributed by atoms with Crippen LogP contribution in [-0.4, -0.2) is 51.0 Å². The van der Waals surface area contributed by atoms with E-state index in [1.165, 1.54) is 141 Å². The first-order valence-electron chi connectivity index (χ1n) is 27.2. The van der Waals surface area contributed by atoms with Crippen molar-refractivity contribution in [2.24, 2.45) is 35.5 Å². The predicted octanol–water partition coefficient (Wildman–Crippen LogP) is 14.8. The molecule has 0 aromatic heterocycles. The highest BCUT2D eigenvalue weighted by Crippen LogP contribution is 2.52. The molecule has 12 rings (SSSR count). The van der Waals surface area contributed by atoms with Gasteiger partial charge in [0, 0.05) is 65.6 Å². The van der Waals surface area contributed by atoms with Gasteiger partial charge in [0.25, 0.3) is 0 Å². The Labute approximate surface area is 393 Å². The molecule has 0 amide bonds. The fraction of sp³-hybridized carbons (Fsp3) is 0.548. The van der Waals surface area contributed by atoms with E-state index >= 15 is 0 Å². The molecule has 12 atom stereocenters. The van der Waals surface area contributed by atoms with Gasteiger partial charge < -0.3 is 14.7 Å². The van der Waals surface area contributed by atoms with Crippen molar-refractivity contribution in [1.29, 1.82) is 0 Å². The lowest BCUT2D eigenvalue weighted by Gasteiger charge is -2.53. The standard InChI is InChI=1S/C62H77N3/c1-4-17-44(18-5-1)45-31-35-51(36-32-45)64(59-30-16-20-46-19-10-11-25-54(46)59)61-42-41-53(55-26-12-13-27-56(55)61)47-33-37-50(38-34-47)63(48-21-6-2-7-22-48)52-39-40-58-57-28-14-15-29-60(57)65(62(58)43-52)49-23-8-3-9-24-49/h2-4,6,8-10,12-14,17,19,23,26-28,30-31,33,37-38,44,47-49,51-53,55-57,60-61H,1,5,7,11,15-16,18,20-22,24-25,29,32,34-36,39-43H2/t44?,47?,48?,49?,51?,52?,53?,55?,56?,57?,60?,61-/m1/s1. The Morgan fingerprint density at radius 3 is 2.26 bits per heavy atom. The van der Waals surface area contributed by atoms with Crippen molar-refractivity contribution in [3.05, 3.63) is 167 Å². The molecule has 11 aliphatic carbocycles. The molecule has 0 aromatic rings. The molecule has 3 nitrogen and oxygen atoms in total. The highest BCUT2D eigenvalue weighted by molar-refractivity contribution is 5.46. The Morgan fingerprint density at radius 2 is 1.43 bits per heavy atom. The Balaban J connectivity index is 0.795. The average Bonchev–Trinajstić information content (AvgIpc) is 3.71. The molecule has 1 saturated carbocycles. The number of allylic oxidation sites excluding steroid dienone is 18. The molecule has 0 aromatic carbocycles. The molecule has 0 spiro atoms. The third-order valence-corrected chi connectivity index (χ3v) is 18.8. The van der Waals surface area contributed by atoms with Gasteiger partial charge in [0.05, 0.1) is 6.04 Å². The van der Waals surface area contributed by atoms with Crippen LogP contribution in [0.25, 0.3) is 0 Å². The normalized spacial score (nSPS) is 38.2. The molecule has 65 heavy (non-hydrogen) atoms. The smallest absolute Gasteiger partial charge is 0.0511 e. The molecule has 0 N–H and O–H groups in total. The highest BCUT2D eigenvalue weighted by atomic mass is 15.3. The molecule has 12 aliphatic rings. The van der Waals surface area contributed by atoms with Crippen LogP contribution in [0.5, 0.6) is 0 Å². The van der Waals surface area contributed by atoms with Gasteiger partial charge in [-0.2, -0.15) is 0 Å². The Bertz CT molecular complexity index is 2260. The van der Waals surface area contributed by atoms with E-state index in [0.717, 1.165) is 6.42 Å². The second-order valence-corrected chi connectivity index (χ2v) is 22.1. The SMILES string of the molecule is C1=CCC(N2C3=C(CCC(N(C4=CCC(C5CC[C@@H](N(C6=CCCC7=C6CCC=C7)C6CC=C(C7C=CCCC7)CC6)C6C=CC=CC56)C=C4)C4CC=CCC4)C3)C3C=CCCC32)C=C1. The van der Waals surface area contributed by atoms with E-state index in [2.05, 4.69) is 142 Å². The summed E-state index contributed by atoms with van der Waals surface area (Å²) in [5.74, 6) is 3.76. The van der Waals surface area contributed by atoms with E-state index < -0.39 is 0 Å². The first-order chi connectivity index (χ1) is 32.3. The summed E-state index contributed by atoms with van der Waals surface area (Å²) in [5.41, 5.74) is 11.7. The van der Waals surface area contributed by atoms with Gasteiger partial charge >= 0.3 is 0 Å². The summed E-state index contributed by atoms with van der Waals surface area (Å²) in [7, 11) is 0. The summed E-state index contributed by atoms with van der Waals surface area (Å²) in [5, 5.41) is 0. The molecule has 0 radical (unpaired) electrons. The maximum absolute atomic E-state index is 3.09. The van der Waals surface area contributed by atoms with Gasteiger partial charge in [0.1, 0.15) is 0 Å². The summed E-state index contributed by atoms with van der Waals surface area (Å²) in [6.07, 6.45) is 80.7. The van der Waals surface area contributed by atoms with Crippen LogP contribution in [0.15, 0.2) is 167 Å².